The van der Waals surface area contributed by atoms with E-state index in [1.807, 2.05) is 19.3 Å². The molecule has 0 aliphatic carbocycles. The van der Waals surface area contributed by atoms with Gasteiger partial charge in [0.05, 0.1) is 11.9 Å². The van der Waals surface area contributed by atoms with Crippen LogP contribution in [0, 0.1) is 0 Å². The Morgan fingerprint density at radius 3 is 2.94 bits per heavy atom. The number of H-pyrrole nitrogens is 1. The number of nitrogens with zero attached hydrogens (tertiary/aromatic N) is 3. The molecular weight excluding hydrogens is 242 g/mol. The summed E-state index contributed by atoms with van der Waals surface area (Å²) in [5.41, 5.74) is 0.849. The van der Waals surface area contributed by atoms with Crippen LogP contribution in [0.25, 0.3) is 0 Å². The quantitative estimate of drug-likeness (QED) is 0.764. The zero-order valence-electron chi connectivity index (χ0n) is 9.29. The number of aryl methyl sites for hydroxylation is 1. The van der Waals surface area contributed by atoms with E-state index >= 15 is 0 Å². The van der Waals surface area contributed by atoms with Crippen LogP contribution >= 0.6 is 0 Å². The van der Waals surface area contributed by atoms with Crippen molar-refractivity contribution in [1.29, 1.82) is 0 Å². The van der Waals surface area contributed by atoms with E-state index in [4.69, 9.17) is 0 Å². The van der Waals surface area contributed by atoms with Gasteiger partial charge in [0, 0.05) is 32.4 Å². The van der Waals surface area contributed by atoms with Crippen LogP contribution in [0.15, 0.2) is 29.6 Å². The minimum absolute atomic E-state index is 0.138. The van der Waals surface area contributed by atoms with E-state index in [9.17, 15) is 8.42 Å². The fourth-order valence-electron chi connectivity index (χ4n) is 1.38. The molecule has 0 aliphatic rings. The summed E-state index contributed by atoms with van der Waals surface area (Å²) in [4.78, 5) is 0.138. The van der Waals surface area contributed by atoms with Gasteiger partial charge < -0.3 is 0 Å². The van der Waals surface area contributed by atoms with Crippen molar-refractivity contribution in [2.45, 2.75) is 11.3 Å². The Morgan fingerprint density at radius 2 is 2.35 bits per heavy atom. The first kappa shape index (κ1) is 11.8. The lowest BCUT2D eigenvalue weighted by Gasteiger charge is -2.02. The number of aromatic amines is 1. The molecule has 0 atom stereocenters. The van der Waals surface area contributed by atoms with Crippen molar-refractivity contribution >= 4 is 10.0 Å². The third-order valence-electron chi connectivity index (χ3n) is 2.23. The SMILES string of the molecule is Cn1ccc(CCNS(=O)(=O)c2cn[nH]c2)n1. The molecular formula is C9H13N5O2S. The Kier molecular flexibility index (Phi) is 3.25. The van der Waals surface area contributed by atoms with Crippen LogP contribution in [0.4, 0.5) is 0 Å². The molecule has 0 aliphatic heterocycles. The summed E-state index contributed by atoms with van der Waals surface area (Å²) in [6, 6.07) is 1.85. The second-order valence-corrected chi connectivity index (χ2v) is 5.33. The molecule has 0 unspecified atom stereocenters. The van der Waals surface area contributed by atoms with Gasteiger partial charge in [-0.1, -0.05) is 0 Å². The molecule has 17 heavy (non-hydrogen) atoms. The van der Waals surface area contributed by atoms with E-state index in [-0.39, 0.29) is 4.90 Å². The van der Waals surface area contributed by atoms with E-state index in [1.165, 1.54) is 12.4 Å². The van der Waals surface area contributed by atoms with Crippen LogP contribution in [-0.4, -0.2) is 34.9 Å². The van der Waals surface area contributed by atoms with Gasteiger partial charge in [0.15, 0.2) is 0 Å². The highest BCUT2D eigenvalue weighted by atomic mass is 32.2. The van der Waals surface area contributed by atoms with Gasteiger partial charge in [-0.25, -0.2) is 13.1 Å². The molecule has 0 aromatic carbocycles. The number of hydrogen-bond acceptors (Lipinski definition) is 4. The van der Waals surface area contributed by atoms with Crippen molar-refractivity contribution in [3.63, 3.8) is 0 Å². The van der Waals surface area contributed by atoms with E-state index in [1.54, 1.807) is 4.68 Å². The van der Waals surface area contributed by atoms with Crippen LogP contribution in [0.2, 0.25) is 0 Å². The van der Waals surface area contributed by atoms with Gasteiger partial charge >= 0.3 is 0 Å². The van der Waals surface area contributed by atoms with Crippen molar-refractivity contribution in [2.75, 3.05) is 6.54 Å². The Morgan fingerprint density at radius 1 is 1.53 bits per heavy atom. The third kappa shape index (κ3) is 2.92. The first-order valence-electron chi connectivity index (χ1n) is 5.05. The number of sulfonamides is 1. The summed E-state index contributed by atoms with van der Waals surface area (Å²) in [5.74, 6) is 0. The summed E-state index contributed by atoms with van der Waals surface area (Å²) in [6.07, 6.45) is 4.98. The minimum atomic E-state index is -3.46. The molecule has 2 heterocycles. The van der Waals surface area contributed by atoms with Crippen molar-refractivity contribution in [2.24, 2.45) is 7.05 Å². The summed E-state index contributed by atoms with van der Waals surface area (Å²) in [6.45, 7) is 0.310. The Labute approximate surface area is 98.9 Å². The summed E-state index contributed by atoms with van der Waals surface area (Å²) in [7, 11) is -1.64. The lowest BCUT2D eigenvalue weighted by Crippen LogP contribution is -2.25. The molecule has 0 fully saturated rings. The molecule has 8 heteroatoms. The normalized spacial score (nSPS) is 11.8. The van der Waals surface area contributed by atoms with Gasteiger partial charge in [0.2, 0.25) is 10.0 Å². The van der Waals surface area contributed by atoms with E-state index in [0.717, 1.165) is 5.69 Å². The van der Waals surface area contributed by atoms with Crippen molar-refractivity contribution in [3.05, 3.63) is 30.4 Å². The van der Waals surface area contributed by atoms with E-state index < -0.39 is 10.0 Å². The zero-order valence-corrected chi connectivity index (χ0v) is 10.1. The number of hydrogen-bond donors (Lipinski definition) is 2. The molecule has 2 rings (SSSR count). The molecule has 0 saturated carbocycles. The van der Waals surface area contributed by atoms with Crippen molar-refractivity contribution < 1.29 is 8.42 Å². The van der Waals surface area contributed by atoms with Gasteiger partial charge in [0.1, 0.15) is 4.90 Å². The molecule has 2 aromatic heterocycles. The summed E-state index contributed by atoms with van der Waals surface area (Å²) < 4.78 is 27.5. The smallest absolute Gasteiger partial charge is 0.243 e. The standard InChI is InChI=1S/C9H13N5O2S/c1-14-5-3-8(13-14)2-4-12-17(15,16)9-6-10-11-7-9/h3,5-7,12H,2,4H2,1H3,(H,10,11). The lowest BCUT2D eigenvalue weighted by molar-refractivity contribution is 0.581. The van der Waals surface area contributed by atoms with Gasteiger partial charge in [-0.2, -0.15) is 10.2 Å². The van der Waals surface area contributed by atoms with Gasteiger partial charge in [-0.05, 0) is 6.07 Å². The van der Waals surface area contributed by atoms with Crippen LogP contribution in [0.1, 0.15) is 5.69 Å². The van der Waals surface area contributed by atoms with Crippen LogP contribution < -0.4 is 4.72 Å². The molecule has 0 bridgehead atoms. The minimum Gasteiger partial charge on any atom is -0.284 e. The maximum atomic E-state index is 11.7. The van der Waals surface area contributed by atoms with Gasteiger partial charge in [0.25, 0.3) is 0 Å². The monoisotopic (exact) mass is 255 g/mol. The highest BCUT2D eigenvalue weighted by Crippen LogP contribution is 2.04. The maximum Gasteiger partial charge on any atom is 0.243 e. The largest absolute Gasteiger partial charge is 0.284 e. The fourth-order valence-corrected chi connectivity index (χ4v) is 2.32. The Hall–Kier alpha value is -1.67. The fraction of sp³-hybridized carbons (Fsp3) is 0.333. The highest BCUT2D eigenvalue weighted by molar-refractivity contribution is 7.89. The van der Waals surface area contributed by atoms with Gasteiger partial charge in [-0.3, -0.25) is 9.78 Å². The van der Waals surface area contributed by atoms with Crippen LogP contribution in [0.3, 0.4) is 0 Å². The second-order valence-electron chi connectivity index (χ2n) is 3.56. The van der Waals surface area contributed by atoms with E-state index in [2.05, 4.69) is 20.0 Å². The number of nitrogens with one attached hydrogen (secondary N) is 2. The summed E-state index contributed by atoms with van der Waals surface area (Å²) in [5, 5.41) is 10.2. The molecule has 2 aromatic rings. The van der Waals surface area contributed by atoms with Crippen molar-refractivity contribution in [3.8, 4) is 0 Å². The molecule has 0 radical (unpaired) electrons. The second kappa shape index (κ2) is 4.68. The first-order chi connectivity index (χ1) is 8.08. The molecule has 2 N–H and O–H groups in total. The maximum absolute atomic E-state index is 11.7. The average molecular weight is 255 g/mol. The first-order valence-corrected chi connectivity index (χ1v) is 6.53. The predicted octanol–water partition coefficient (Wildman–Crippen LogP) is -0.336. The number of rotatable bonds is 5. The zero-order chi connectivity index (χ0) is 12.3. The molecule has 0 amide bonds. The topological polar surface area (TPSA) is 92.7 Å². The lowest BCUT2D eigenvalue weighted by atomic mass is 10.3. The average Bonchev–Trinajstić information content (AvgIpc) is 2.89. The van der Waals surface area contributed by atoms with Crippen molar-refractivity contribution in [1.82, 2.24) is 24.7 Å². The Balaban J connectivity index is 1.91. The molecule has 0 saturated heterocycles. The molecule has 92 valence electrons. The molecule has 0 spiro atoms. The summed E-state index contributed by atoms with van der Waals surface area (Å²) >= 11 is 0. The molecule has 7 nitrogen and oxygen atoms in total. The van der Waals surface area contributed by atoms with Crippen LogP contribution in [0.5, 0.6) is 0 Å². The van der Waals surface area contributed by atoms with E-state index in [0.29, 0.717) is 13.0 Å². The Bertz CT molecular complexity index is 572. The number of aromatic nitrogens is 4. The highest BCUT2D eigenvalue weighted by Gasteiger charge is 2.14. The third-order valence-corrected chi connectivity index (χ3v) is 3.65. The van der Waals surface area contributed by atoms with Crippen LogP contribution in [-0.2, 0) is 23.5 Å². The predicted molar refractivity (Wildman–Crippen MR) is 60.7 cm³/mol. The van der Waals surface area contributed by atoms with Gasteiger partial charge in [-0.15, -0.1) is 0 Å².